The number of piperidine rings is 1. The van der Waals surface area contributed by atoms with Crippen LogP contribution in [0.15, 0.2) is 18.2 Å². The van der Waals surface area contributed by atoms with Gasteiger partial charge < -0.3 is 34.1 Å². The van der Waals surface area contributed by atoms with Gasteiger partial charge in [0.25, 0.3) is 11.8 Å². The number of ether oxygens (including phenoxy) is 4. The van der Waals surface area contributed by atoms with Crippen molar-refractivity contribution >= 4 is 17.5 Å². The molecule has 10 nitrogen and oxygen atoms in total. The molecule has 3 aliphatic heterocycles. The lowest BCUT2D eigenvalue weighted by Crippen LogP contribution is -2.52. The molecule has 3 heterocycles. The molecule has 0 spiro atoms. The molecule has 0 unspecified atom stereocenters. The molecule has 0 radical (unpaired) electrons. The van der Waals surface area contributed by atoms with Crippen molar-refractivity contribution in [3.63, 3.8) is 0 Å². The minimum Gasteiger partial charge on any atom is -0.370 e. The molecule has 202 valence electrons. The summed E-state index contributed by atoms with van der Waals surface area (Å²) in [4.78, 5) is 29.8. The van der Waals surface area contributed by atoms with Crippen molar-refractivity contribution in [2.24, 2.45) is 5.92 Å². The standard InChI is InChI=1S/C26H35FN4O6/c1-25(2)36-21(22(37-25)24(33)30(4)16-26(3)34-11-12-35-26)23(32)29-15-17-7-9-31(10-8-17)20-6-5-19(27)13-18(20)14-28/h5-6,13,17,21-22H,7-12,15-16H2,1-4H3,(H,29,32)/t21-,22-/m1/s1. The molecule has 0 saturated carbocycles. The predicted molar refractivity (Wildman–Crippen MR) is 131 cm³/mol. The van der Waals surface area contributed by atoms with E-state index in [1.807, 2.05) is 0 Å². The third kappa shape index (κ3) is 6.38. The molecule has 11 heteroatoms. The van der Waals surface area contributed by atoms with E-state index < -0.39 is 35.5 Å². The normalized spacial score (nSPS) is 25.0. The van der Waals surface area contributed by atoms with Crippen LogP contribution in [0.25, 0.3) is 0 Å². The van der Waals surface area contributed by atoms with E-state index in [2.05, 4.69) is 16.3 Å². The summed E-state index contributed by atoms with van der Waals surface area (Å²) in [5, 5.41) is 12.3. The second kappa shape index (κ2) is 10.9. The van der Waals surface area contributed by atoms with Crippen molar-refractivity contribution in [2.45, 2.75) is 57.4 Å². The van der Waals surface area contributed by atoms with E-state index in [1.54, 1.807) is 33.9 Å². The highest BCUT2D eigenvalue weighted by Gasteiger charge is 2.50. The molecule has 1 aromatic rings. The van der Waals surface area contributed by atoms with Crippen molar-refractivity contribution in [2.75, 3.05) is 51.3 Å². The van der Waals surface area contributed by atoms with Crippen LogP contribution >= 0.6 is 0 Å². The summed E-state index contributed by atoms with van der Waals surface area (Å²) in [6, 6.07) is 6.29. The van der Waals surface area contributed by atoms with Crippen LogP contribution in [-0.2, 0) is 28.5 Å². The number of hydrogen-bond acceptors (Lipinski definition) is 8. The van der Waals surface area contributed by atoms with Gasteiger partial charge in [0.2, 0.25) is 0 Å². The van der Waals surface area contributed by atoms with E-state index >= 15 is 0 Å². The van der Waals surface area contributed by atoms with E-state index in [1.165, 1.54) is 17.0 Å². The second-order valence-corrected chi connectivity index (χ2v) is 10.5. The highest BCUT2D eigenvalue weighted by molar-refractivity contribution is 5.91. The van der Waals surface area contributed by atoms with Gasteiger partial charge in [-0.3, -0.25) is 9.59 Å². The Hall–Kier alpha value is -2.78. The van der Waals surface area contributed by atoms with Crippen molar-refractivity contribution in [1.82, 2.24) is 10.2 Å². The summed E-state index contributed by atoms with van der Waals surface area (Å²) in [6.07, 6.45) is -0.588. The number of carbonyl (C=O) groups is 2. The Balaban J connectivity index is 1.31. The van der Waals surface area contributed by atoms with Crippen molar-refractivity contribution in [3.05, 3.63) is 29.6 Å². The molecule has 0 aliphatic carbocycles. The minimum atomic E-state index is -1.09. The van der Waals surface area contributed by atoms with Crippen LogP contribution in [-0.4, -0.2) is 86.9 Å². The average molecular weight is 519 g/mol. The van der Waals surface area contributed by atoms with E-state index in [9.17, 15) is 19.2 Å². The number of anilines is 1. The number of likely N-dealkylation sites (N-methyl/N-ethyl adjacent to an activating group) is 1. The lowest BCUT2D eigenvalue weighted by atomic mass is 9.95. The maximum Gasteiger partial charge on any atom is 0.255 e. The highest BCUT2D eigenvalue weighted by atomic mass is 19.1. The Bertz CT molecular complexity index is 1050. The van der Waals surface area contributed by atoms with E-state index in [4.69, 9.17) is 18.9 Å². The van der Waals surface area contributed by atoms with Gasteiger partial charge in [-0.15, -0.1) is 0 Å². The predicted octanol–water partition coefficient (Wildman–Crippen LogP) is 1.77. The monoisotopic (exact) mass is 518 g/mol. The third-order valence-electron chi connectivity index (χ3n) is 7.00. The molecular weight excluding hydrogens is 483 g/mol. The molecule has 2 atom stereocenters. The van der Waals surface area contributed by atoms with Crippen LogP contribution in [0.2, 0.25) is 0 Å². The molecule has 4 rings (SSSR count). The van der Waals surface area contributed by atoms with Gasteiger partial charge in [0.05, 0.1) is 31.0 Å². The lowest BCUT2D eigenvalue weighted by molar-refractivity contribution is -0.175. The van der Waals surface area contributed by atoms with Gasteiger partial charge in [-0.2, -0.15) is 5.26 Å². The number of amides is 2. The quantitative estimate of drug-likeness (QED) is 0.581. The Morgan fingerprint density at radius 2 is 1.81 bits per heavy atom. The summed E-state index contributed by atoms with van der Waals surface area (Å²) < 4.78 is 36.3. The fourth-order valence-electron chi connectivity index (χ4n) is 5.10. The first kappa shape index (κ1) is 27.3. The van der Waals surface area contributed by atoms with Gasteiger partial charge in [-0.1, -0.05) is 0 Å². The Labute approximate surface area is 216 Å². The van der Waals surface area contributed by atoms with Crippen LogP contribution in [0.1, 0.15) is 39.2 Å². The first-order valence-electron chi connectivity index (χ1n) is 12.6. The number of halogens is 1. The molecule has 0 aromatic heterocycles. The molecule has 37 heavy (non-hydrogen) atoms. The molecule has 3 fully saturated rings. The Kier molecular flexibility index (Phi) is 8.04. The van der Waals surface area contributed by atoms with Gasteiger partial charge in [-0.25, -0.2) is 4.39 Å². The Morgan fingerprint density at radius 3 is 2.46 bits per heavy atom. The molecule has 3 saturated heterocycles. The SMILES string of the molecule is CN(CC1(C)OCCO1)C(=O)[C@@H]1OC(C)(C)O[C@H]1C(=O)NCC1CCN(c2ccc(F)cc2C#N)CC1. The number of nitrogens with zero attached hydrogens (tertiary/aromatic N) is 3. The highest BCUT2D eigenvalue weighted by Crippen LogP contribution is 2.31. The van der Waals surface area contributed by atoms with Gasteiger partial charge in [0.15, 0.2) is 23.8 Å². The van der Waals surface area contributed by atoms with Gasteiger partial charge in [0.1, 0.15) is 11.9 Å². The topological polar surface area (TPSA) is 113 Å². The Morgan fingerprint density at radius 1 is 1.16 bits per heavy atom. The zero-order chi connectivity index (χ0) is 26.8. The maximum absolute atomic E-state index is 13.5. The first-order valence-corrected chi connectivity index (χ1v) is 12.6. The van der Waals surface area contributed by atoms with Crippen LogP contribution in [0.5, 0.6) is 0 Å². The van der Waals surface area contributed by atoms with E-state index in [-0.39, 0.29) is 18.4 Å². The number of nitriles is 1. The minimum absolute atomic E-state index is 0.195. The van der Waals surface area contributed by atoms with Crippen molar-refractivity contribution < 1.29 is 32.9 Å². The first-order chi connectivity index (χ1) is 17.5. The fraction of sp³-hybridized carbons (Fsp3) is 0.654. The zero-order valence-electron chi connectivity index (χ0n) is 21.8. The van der Waals surface area contributed by atoms with Crippen LogP contribution in [0.3, 0.4) is 0 Å². The van der Waals surface area contributed by atoms with Crippen LogP contribution in [0.4, 0.5) is 10.1 Å². The van der Waals surface area contributed by atoms with Crippen LogP contribution < -0.4 is 10.2 Å². The van der Waals surface area contributed by atoms with E-state index in [0.29, 0.717) is 38.4 Å². The number of hydrogen-bond donors (Lipinski definition) is 1. The third-order valence-corrected chi connectivity index (χ3v) is 7.00. The number of benzene rings is 1. The second-order valence-electron chi connectivity index (χ2n) is 10.5. The van der Waals surface area contributed by atoms with Crippen LogP contribution in [0, 0.1) is 23.1 Å². The molecule has 1 aromatic carbocycles. The average Bonchev–Trinajstić information content (AvgIpc) is 3.44. The molecule has 1 N–H and O–H groups in total. The largest absolute Gasteiger partial charge is 0.370 e. The fourth-order valence-corrected chi connectivity index (χ4v) is 5.10. The number of rotatable bonds is 7. The zero-order valence-corrected chi connectivity index (χ0v) is 21.8. The summed E-state index contributed by atoms with van der Waals surface area (Å²) in [6.45, 7) is 8.03. The molecular formula is C26H35FN4O6. The maximum atomic E-state index is 13.5. The van der Waals surface area contributed by atoms with Gasteiger partial charge >= 0.3 is 0 Å². The molecule has 2 amide bonds. The van der Waals surface area contributed by atoms with Gasteiger partial charge in [0, 0.05) is 26.7 Å². The lowest BCUT2D eigenvalue weighted by Gasteiger charge is -2.34. The summed E-state index contributed by atoms with van der Waals surface area (Å²) in [5.74, 6) is -2.98. The number of carbonyl (C=O) groups excluding carboxylic acids is 2. The van der Waals surface area contributed by atoms with Crippen molar-refractivity contribution in [3.8, 4) is 6.07 Å². The smallest absolute Gasteiger partial charge is 0.255 e. The summed E-state index contributed by atoms with van der Waals surface area (Å²) in [7, 11) is 1.62. The summed E-state index contributed by atoms with van der Waals surface area (Å²) >= 11 is 0. The summed E-state index contributed by atoms with van der Waals surface area (Å²) in [5.41, 5.74) is 1.03. The van der Waals surface area contributed by atoms with Gasteiger partial charge in [-0.05, 0) is 57.7 Å². The molecule has 0 bridgehead atoms. The van der Waals surface area contributed by atoms with E-state index in [0.717, 1.165) is 18.5 Å². The van der Waals surface area contributed by atoms with Crippen molar-refractivity contribution in [1.29, 1.82) is 5.26 Å². The molecule has 3 aliphatic rings. The number of nitrogens with one attached hydrogen (secondary N) is 1.